The lowest BCUT2D eigenvalue weighted by molar-refractivity contribution is 0.398. The van der Waals surface area contributed by atoms with E-state index < -0.39 is 0 Å². The van der Waals surface area contributed by atoms with Gasteiger partial charge >= 0.3 is 0 Å². The van der Waals surface area contributed by atoms with E-state index in [2.05, 4.69) is 10.3 Å². The van der Waals surface area contributed by atoms with Crippen molar-refractivity contribution in [2.45, 2.75) is 0 Å². The van der Waals surface area contributed by atoms with E-state index in [-0.39, 0.29) is 0 Å². The minimum atomic E-state index is 0.660. The van der Waals surface area contributed by atoms with Crippen molar-refractivity contribution in [1.82, 2.24) is 4.98 Å². The number of rotatable bonds is 1. The molecule has 0 bridgehead atoms. The summed E-state index contributed by atoms with van der Waals surface area (Å²) < 4.78 is 4.80. The van der Waals surface area contributed by atoms with Crippen LogP contribution >= 0.6 is 0 Å². The van der Waals surface area contributed by atoms with Crippen molar-refractivity contribution in [3.63, 3.8) is 0 Å². The van der Waals surface area contributed by atoms with Crippen molar-refractivity contribution >= 4 is 17.1 Å². The van der Waals surface area contributed by atoms with Crippen LogP contribution < -0.4 is 15.8 Å². The molecule has 2 aromatic rings. The first-order valence-corrected chi connectivity index (χ1v) is 4.92. The molecule has 1 aromatic carbocycles. The van der Waals surface area contributed by atoms with Gasteiger partial charge in [0.15, 0.2) is 0 Å². The van der Waals surface area contributed by atoms with Crippen LogP contribution in [-0.2, 0) is 0 Å². The first-order valence-electron chi connectivity index (χ1n) is 4.92. The average molecular weight is 215 g/mol. The zero-order valence-corrected chi connectivity index (χ0v) is 8.97. The Morgan fingerprint density at radius 1 is 1.19 bits per heavy atom. The predicted molar refractivity (Wildman–Crippen MR) is 64.9 cm³/mol. The molecule has 1 aliphatic heterocycles. The van der Waals surface area contributed by atoms with Crippen LogP contribution in [0, 0.1) is 0 Å². The normalized spacial score (nSPS) is 10.3. The molecule has 1 aliphatic rings. The van der Waals surface area contributed by atoms with E-state index in [1.807, 2.05) is 30.3 Å². The van der Waals surface area contributed by atoms with Gasteiger partial charge in [-0.25, -0.2) is 4.98 Å². The van der Waals surface area contributed by atoms with E-state index in [1.165, 1.54) is 5.69 Å². The molecule has 2 heterocycles. The monoisotopic (exact) mass is 215 g/mol. The fraction of sp³-hybridized carbons (Fsp3) is 0.0833. The molecule has 3 rings (SSSR count). The second-order valence-electron chi connectivity index (χ2n) is 3.27. The zero-order valence-electron chi connectivity index (χ0n) is 8.97. The summed E-state index contributed by atoms with van der Waals surface area (Å²) >= 11 is 0. The Labute approximate surface area is 94.1 Å². The van der Waals surface area contributed by atoms with E-state index >= 15 is 0 Å². The Kier molecular flexibility index (Phi) is 2.91. The molecule has 0 radical (unpaired) electrons. The van der Waals surface area contributed by atoms with Crippen LogP contribution in [0.4, 0.5) is 17.1 Å². The SMILES string of the molecule is COc1ccccn1.Nc1cccc2c1N2. The van der Waals surface area contributed by atoms with Crippen LogP contribution in [-0.4, -0.2) is 12.1 Å². The number of hydrogen-bond acceptors (Lipinski definition) is 4. The molecule has 82 valence electrons. The third-order valence-corrected chi connectivity index (χ3v) is 2.14. The molecule has 0 saturated carbocycles. The Morgan fingerprint density at radius 2 is 2.06 bits per heavy atom. The van der Waals surface area contributed by atoms with Gasteiger partial charge in [-0.1, -0.05) is 12.1 Å². The van der Waals surface area contributed by atoms with Crippen LogP contribution in [0.25, 0.3) is 0 Å². The second-order valence-corrected chi connectivity index (χ2v) is 3.27. The first kappa shape index (κ1) is 10.3. The van der Waals surface area contributed by atoms with Gasteiger partial charge in [-0.3, -0.25) is 0 Å². The van der Waals surface area contributed by atoms with Gasteiger partial charge in [-0.05, 0) is 18.2 Å². The topological polar surface area (TPSA) is 70.1 Å². The third kappa shape index (κ3) is 2.42. The standard InChI is InChI=1S/C6H6N2.C6H7NO/c7-4-2-1-3-5-6(4)8-5;1-8-6-4-2-3-5-7-6/h1-3,8H,7H2;2-5H,1H3. The van der Waals surface area contributed by atoms with Crippen LogP contribution in [0.15, 0.2) is 42.6 Å². The maximum Gasteiger partial charge on any atom is 0.212 e. The van der Waals surface area contributed by atoms with E-state index in [9.17, 15) is 0 Å². The number of aromatic nitrogens is 1. The molecular weight excluding hydrogens is 202 g/mol. The van der Waals surface area contributed by atoms with Crippen molar-refractivity contribution in [2.24, 2.45) is 0 Å². The summed E-state index contributed by atoms with van der Waals surface area (Å²) in [7, 11) is 1.60. The lowest BCUT2D eigenvalue weighted by atomic mass is 10.3. The van der Waals surface area contributed by atoms with Crippen LogP contribution in [0.5, 0.6) is 5.88 Å². The summed E-state index contributed by atoms with van der Waals surface area (Å²) in [6.45, 7) is 0. The number of nitrogens with zero attached hydrogens (tertiary/aromatic N) is 1. The van der Waals surface area contributed by atoms with Gasteiger partial charge in [0.1, 0.15) is 0 Å². The summed E-state index contributed by atoms with van der Waals surface area (Å²) in [4.78, 5) is 3.88. The smallest absolute Gasteiger partial charge is 0.212 e. The summed E-state index contributed by atoms with van der Waals surface area (Å²) in [5.41, 5.74) is 8.63. The van der Waals surface area contributed by atoms with Gasteiger partial charge in [0, 0.05) is 12.3 Å². The first-order chi connectivity index (χ1) is 7.81. The van der Waals surface area contributed by atoms with Gasteiger partial charge in [-0.15, -0.1) is 0 Å². The molecule has 1 aromatic heterocycles. The lowest BCUT2D eigenvalue weighted by Crippen LogP contribution is -1.83. The average Bonchev–Trinajstić information content (AvgIpc) is 3.12. The van der Waals surface area contributed by atoms with Gasteiger partial charge in [-0.2, -0.15) is 0 Å². The number of methoxy groups -OCH3 is 1. The molecule has 0 saturated heterocycles. The summed E-state index contributed by atoms with van der Waals surface area (Å²) in [5.74, 6) is 0.660. The predicted octanol–water partition coefficient (Wildman–Crippen LogP) is 2.42. The van der Waals surface area contributed by atoms with Gasteiger partial charge in [0.05, 0.1) is 24.2 Å². The molecular formula is C12H13N3O. The van der Waals surface area contributed by atoms with Crippen LogP contribution in [0.2, 0.25) is 0 Å². The Morgan fingerprint density at radius 3 is 2.56 bits per heavy atom. The quantitative estimate of drug-likeness (QED) is 0.483. The molecule has 3 N–H and O–H groups in total. The van der Waals surface area contributed by atoms with E-state index in [1.54, 1.807) is 19.4 Å². The number of nitrogens with two attached hydrogens (primary N) is 1. The minimum Gasteiger partial charge on any atom is -0.481 e. The molecule has 0 aliphatic carbocycles. The number of fused-ring (bicyclic) bond motifs is 1. The second kappa shape index (κ2) is 4.53. The Bertz CT molecular complexity index is 471. The summed E-state index contributed by atoms with van der Waals surface area (Å²) in [5, 5.41) is 3.03. The van der Waals surface area contributed by atoms with Gasteiger partial charge < -0.3 is 15.8 Å². The van der Waals surface area contributed by atoms with E-state index in [4.69, 9.17) is 10.5 Å². The Hall–Kier alpha value is -2.23. The summed E-state index contributed by atoms with van der Waals surface area (Å²) in [6.07, 6.45) is 1.69. The molecule has 0 amide bonds. The minimum absolute atomic E-state index is 0.660. The van der Waals surface area contributed by atoms with Crippen molar-refractivity contribution < 1.29 is 4.74 Å². The highest BCUT2D eigenvalue weighted by Gasteiger charge is 2.16. The van der Waals surface area contributed by atoms with Gasteiger partial charge in [0.25, 0.3) is 0 Å². The molecule has 4 nitrogen and oxygen atoms in total. The fourth-order valence-corrected chi connectivity index (χ4v) is 1.26. The molecule has 0 spiro atoms. The Balaban J connectivity index is 0.000000120. The third-order valence-electron chi connectivity index (χ3n) is 2.14. The van der Waals surface area contributed by atoms with Crippen molar-refractivity contribution in [2.75, 3.05) is 18.2 Å². The maximum absolute atomic E-state index is 5.51. The maximum atomic E-state index is 5.51. The van der Waals surface area contributed by atoms with E-state index in [0.717, 1.165) is 11.4 Å². The summed E-state index contributed by atoms with van der Waals surface area (Å²) in [6, 6.07) is 11.4. The molecule has 0 unspecified atom stereocenters. The molecule has 0 atom stereocenters. The highest BCUT2D eigenvalue weighted by atomic mass is 16.5. The number of nitrogen functional groups attached to an aromatic ring is 1. The highest BCUT2D eigenvalue weighted by Crippen LogP contribution is 2.42. The largest absolute Gasteiger partial charge is 0.481 e. The molecule has 16 heavy (non-hydrogen) atoms. The number of pyridine rings is 1. The molecule has 0 fully saturated rings. The lowest BCUT2D eigenvalue weighted by Gasteiger charge is -1.92. The fourth-order valence-electron chi connectivity index (χ4n) is 1.26. The highest BCUT2D eigenvalue weighted by molar-refractivity contribution is 5.98. The number of benzene rings is 1. The van der Waals surface area contributed by atoms with E-state index in [0.29, 0.717) is 5.88 Å². The van der Waals surface area contributed by atoms with Crippen molar-refractivity contribution in [1.29, 1.82) is 0 Å². The molecule has 4 heteroatoms. The number of nitrogens with one attached hydrogen (secondary N) is 1. The number of para-hydroxylation sites is 1. The van der Waals surface area contributed by atoms with Crippen molar-refractivity contribution in [3.05, 3.63) is 42.6 Å². The zero-order chi connectivity index (χ0) is 11.4. The van der Waals surface area contributed by atoms with Crippen LogP contribution in [0.1, 0.15) is 0 Å². The number of hydrogen-bond donors (Lipinski definition) is 2. The van der Waals surface area contributed by atoms with Crippen LogP contribution in [0.3, 0.4) is 0 Å². The number of anilines is 3. The van der Waals surface area contributed by atoms with Gasteiger partial charge in [0.2, 0.25) is 5.88 Å². The van der Waals surface area contributed by atoms with Crippen molar-refractivity contribution in [3.8, 4) is 5.88 Å². The number of ether oxygens (including phenoxy) is 1.